The number of rotatable bonds is 5. The van der Waals surface area contributed by atoms with Gasteiger partial charge in [-0.3, -0.25) is 0 Å². The van der Waals surface area contributed by atoms with Crippen LogP contribution < -0.4 is 10.6 Å². The van der Waals surface area contributed by atoms with Crippen LogP contribution in [0.5, 0.6) is 0 Å². The van der Waals surface area contributed by atoms with E-state index in [1.54, 1.807) is 0 Å². The zero-order chi connectivity index (χ0) is 13.7. The molecule has 4 heteroatoms. The summed E-state index contributed by atoms with van der Waals surface area (Å²) in [5.74, 6) is 0.694. The van der Waals surface area contributed by atoms with E-state index in [2.05, 4.69) is 16.9 Å². The Kier molecular flexibility index (Phi) is 4.47. The summed E-state index contributed by atoms with van der Waals surface area (Å²) >= 11 is 0. The van der Waals surface area contributed by atoms with E-state index in [-0.39, 0.29) is 6.04 Å². The maximum atomic E-state index is 5.93. The number of anilines is 2. The summed E-state index contributed by atoms with van der Waals surface area (Å²) in [4.78, 5) is 10.8. The van der Waals surface area contributed by atoms with E-state index in [4.69, 9.17) is 5.73 Å². The molecule has 0 fully saturated rings. The molecule has 0 aliphatic heterocycles. The number of nitrogens with zero attached hydrogens (tertiary/aromatic N) is 3. The second kappa shape index (κ2) is 6.29. The molecule has 0 bridgehead atoms. The van der Waals surface area contributed by atoms with Crippen molar-refractivity contribution < 1.29 is 0 Å². The van der Waals surface area contributed by atoms with Gasteiger partial charge in [-0.25, -0.2) is 9.97 Å². The molecule has 0 saturated heterocycles. The van der Waals surface area contributed by atoms with Gasteiger partial charge in [-0.1, -0.05) is 25.1 Å². The zero-order valence-corrected chi connectivity index (χ0v) is 11.5. The highest BCUT2D eigenvalue weighted by Crippen LogP contribution is 2.18. The van der Waals surface area contributed by atoms with Gasteiger partial charge in [0.15, 0.2) is 0 Å². The maximum absolute atomic E-state index is 5.93. The monoisotopic (exact) mass is 256 g/mol. The first-order valence-electron chi connectivity index (χ1n) is 6.56. The van der Waals surface area contributed by atoms with Crippen molar-refractivity contribution in [3.8, 4) is 0 Å². The number of para-hydroxylation sites is 1. The molecule has 0 radical (unpaired) electrons. The molecular weight excluding hydrogens is 236 g/mol. The van der Waals surface area contributed by atoms with Crippen molar-refractivity contribution in [2.24, 2.45) is 5.73 Å². The van der Waals surface area contributed by atoms with Crippen molar-refractivity contribution in [1.82, 2.24) is 9.97 Å². The summed E-state index contributed by atoms with van der Waals surface area (Å²) in [6.45, 7) is 2.09. The fraction of sp³-hybridized carbons (Fsp3) is 0.333. The molecule has 1 heterocycles. The van der Waals surface area contributed by atoms with E-state index >= 15 is 0 Å². The van der Waals surface area contributed by atoms with Crippen LogP contribution in [0.3, 0.4) is 0 Å². The lowest BCUT2D eigenvalue weighted by Gasteiger charge is -2.17. The van der Waals surface area contributed by atoms with E-state index < -0.39 is 0 Å². The first-order chi connectivity index (χ1) is 9.20. The molecule has 1 aromatic carbocycles. The van der Waals surface area contributed by atoms with Crippen LogP contribution in [-0.2, 0) is 6.42 Å². The van der Waals surface area contributed by atoms with Gasteiger partial charge in [-0.05, 0) is 30.5 Å². The van der Waals surface area contributed by atoms with E-state index in [9.17, 15) is 0 Å². The largest absolute Gasteiger partial charge is 0.327 e. The van der Waals surface area contributed by atoms with Crippen LogP contribution in [0.2, 0.25) is 0 Å². The third-order valence-corrected chi connectivity index (χ3v) is 3.16. The Hall–Kier alpha value is -1.94. The number of hydrogen-bond donors (Lipinski definition) is 1. The standard InChI is InChI=1S/C15H20N4/c1-3-13(16)9-12-10-17-15(18-11-12)19(2)14-7-5-4-6-8-14/h4-8,10-11,13H,3,9,16H2,1-2H3. The van der Waals surface area contributed by atoms with Crippen LogP contribution in [0, 0.1) is 0 Å². The highest BCUT2D eigenvalue weighted by Gasteiger charge is 2.07. The average molecular weight is 256 g/mol. The molecule has 0 aliphatic carbocycles. The van der Waals surface area contributed by atoms with Crippen molar-refractivity contribution >= 4 is 11.6 Å². The molecule has 0 saturated carbocycles. The Morgan fingerprint density at radius 1 is 1.16 bits per heavy atom. The van der Waals surface area contributed by atoms with Gasteiger partial charge in [0, 0.05) is 31.2 Å². The van der Waals surface area contributed by atoms with Gasteiger partial charge in [-0.2, -0.15) is 0 Å². The highest BCUT2D eigenvalue weighted by molar-refractivity contribution is 5.55. The van der Waals surface area contributed by atoms with Crippen LogP contribution in [0.4, 0.5) is 11.6 Å². The van der Waals surface area contributed by atoms with Gasteiger partial charge in [0.1, 0.15) is 0 Å². The molecule has 2 rings (SSSR count). The van der Waals surface area contributed by atoms with Gasteiger partial charge in [0.25, 0.3) is 0 Å². The van der Waals surface area contributed by atoms with Gasteiger partial charge < -0.3 is 10.6 Å². The van der Waals surface area contributed by atoms with Crippen LogP contribution in [0.25, 0.3) is 0 Å². The minimum atomic E-state index is 0.182. The highest BCUT2D eigenvalue weighted by atomic mass is 15.2. The molecule has 0 spiro atoms. The smallest absolute Gasteiger partial charge is 0.229 e. The molecular formula is C15H20N4. The second-order valence-electron chi connectivity index (χ2n) is 4.66. The predicted molar refractivity (Wildman–Crippen MR) is 78.5 cm³/mol. The van der Waals surface area contributed by atoms with Crippen molar-refractivity contribution in [3.63, 3.8) is 0 Å². The van der Waals surface area contributed by atoms with Crippen molar-refractivity contribution in [3.05, 3.63) is 48.3 Å². The molecule has 1 atom stereocenters. The van der Waals surface area contributed by atoms with Crippen LogP contribution in [-0.4, -0.2) is 23.1 Å². The Morgan fingerprint density at radius 2 is 1.79 bits per heavy atom. The first-order valence-corrected chi connectivity index (χ1v) is 6.56. The van der Waals surface area contributed by atoms with Gasteiger partial charge in [0.05, 0.1) is 0 Å². The second-order valence-corrected chi connectivity index (χ2v) is 4.66. The Labute approximate surface area is 114 Å². The van der Waals surface area contributed by atoms with Crippen LogP contribution in [0.1, 0.15) is 18.9 Å². The Morgan fingerprint density at radius 3 is 2.37 bits per heavy atom. The van der Waals surface area contributed by atoms with Gasteiger partial charge in [0.2, 0.25) is 5.95 Å². The molecule has 100 valence electrons. The van der Waals surface area contributed by atoms with Crippen LogP contribution in [0.15, 0.2) is 42.7 Å². The van der Waals surface area contributed by atoms with Gasteiger partial charge in [-0.15, -0.1) is 0 Å². The summed E-state index contributed by atoms with van der Waals surface area (Å²) < 4.78 is 0. The number of aromatic nitrogens is 2. The minimum Gasteiger partial charge on any atom is -0.327 e. The molecule has 1 unspecified atom stereocenters. The SMILES string of the molecule is CCC(N)Cc1cnc(N(C)c2ccccc2)nc1. The molecule has 19 heavy (non-hydrogen) atoms. The van der Waals surface area contributed by atoms with Crippen molar-refractivity contribution in [1.29, 1.82) is 0 Å². The molecule has 0 amide bonds. The van der Waals surface area contributed by atoms with Crippen LogP contribution >= 0.6 is 0 Å². The third-order valence-electron chi connectivity index (χ3n) is 3.16. The van der Waals surface area contributed by atoms with Crippen molar-refractivity contribution in [2.45, 2.75) is 25.8 Å². The molecule has 1 aromatic heterocycles. The summed E-state index contributed by atoms with van der Waals surface area (Å²) in [6.07, 6.45) is 5.51. The fourth-order valence-corrected chi connectivity index (χ4v) is 1.84. The topological polar surface area (TPSA) is 55.0 Å². The predicted octanol–water partition coefficient (Wildman–Crippen LogP) is 2.52. The van der Waals surface area contributed by atoms with Gasteiger partial charge >= 0.3 is 0 Å². The van der Waals surface area contributed by atoms with E-state index in [1.807, 2.05) is 54.7 Å². The van der Waals surface area contributed by atoms with E-state index in [0.717, 1.165) is 24.1 Å². The molecule has 2 aromatic rings. The lowest BCUT2D eigenvalue weighted by molar-refractivity contribution is 0.643. The lowest BCUT2D eigenvalue weighted by Crippen LogP contribution is -2.21. The summed E-state index contributed by atoms with van der Waals surface area (Å²) in [5.41, 5.74) is 8.08. The first kappa shape index (κ1) is 13.5. The van der Waals surface area contributed by atoms with Crippen molar-refractivity contribution in [2.75, 3.05) is 11.9 Å². The fourth-order valence-electron chi connectivity index (χ4n) is 1.84. The quantitative estimate of drug-likeness (QED) is 0.893. The summed E-state index contributed by atoms with van der Waals surface area (Å²) in [7, 11) is 1.96. The minimum absolute atomic E-state index is 0.182. The third kappa shape index (κ3) is 3.51. The number of hydrogen-bond acceptors (Lipinski definition) is 4. The molecule has 2 N–H and O–H groups in total. The summed E-state index contributed by atoms with van der Waals surface area (Å²) in [6, 6.07) is 10.2. The summed E-state index contributed by atoms with van der Waals surface area (Å²) in [5, 5.41) is 0. The average Bonchev–Trinajstić information content (AvgIpc) is 2.48. The Balaban J connectivity index is 2.10. The molecule has 4 nitrogen and oxygen atoms in total. The lowest BCUT2D eigenvalue weighted by atomic mass is 10.1. The maximum Gasteiger partial charge on any atom is 0.229 e. The van der Waals surface area contributed by atoms with E-state index in [0.29, 0.717) is 5.95 Å². The number of benzene rings is 1. The number of nitrogens with two attached hydrogens (primary N) is 1. The van der Waals surface area contributed by atoms with E-state index in [1.165, 1.54) is 0 Å². The zero-order valence-electron chi connectivity index (χ0n) is 11.5. The normalized spacial score (nSPS) is 12.2. The Bertz CT molecular complexity index is 495. The molecule has 0 aliphatic rings.